The van der Waals surface area contributed by atoms with Gasteiger partial charge in [-0.25, -0.2) is 9.18 Å². The first kappa shape index (κ1) is 20.7. The smallest absolute Gasteiger partial charge is 0.410 e. The second-order valence-corrected chi connectivity index (χ2v) is 9.03. The van der Waals surface area contributed by atoms with E-state index in [0.29, 0.717) is 29.9 Å². The lowest BCUT2D eigenvalue weighted by molar-refractivity contribution is 0.0123. The molecular formula is C21H26BFN4O3. The summed E-state index contributed by atoms with van der Waals surface area (Å²) in [6.07, 6.45) is 1.50. The Morgan fingerprint density at radius 3 is 2.43 bits per heavy atom. The average molecular weight is 412 g/mol. The van der Waals surface area contributed by atoms with Crippen LogP contribution in [0.5, 0.6) is 6.01 Å². The first-order valence-corrected chi connectivity index (χ1v) is 10.2. The molecule has 2 fully saturated rings. The topological polar surface area (TPSA) is 67.8 Å². The highest BCUT2D eigenvalue weighted by molar-refractivity contribution is 6.34. The zero-order valence-corrected chi connectivity index (χ0v) is 18.0. The molecule has 3 heterocycles. The maximum absolute atomic E-state index is 14.9. The molecular weight excluding hydrogens is 386 g/mol. The molecule has 0 N–H and O–H groups in total. The van der Waals surface area contributed by atoms with Crippen molar-refractivity contribution in [3.8, 4) is 6.01 Å². The number of anilines is 1. The molecule has 1 aromatic carbocycles. The van der Waals surface area contributed by atoms with Gasteiger partial charge in [0.1, 0.15) is 30.6 Å². The van der Waals surface area contributed by atoms with Crippen LogP contribution in [0.4, 0.5) is 15.0 Å². The summed E-state index contributed by atoms with van der Waals surface area (Å²) >= 11 is 0. The maximum Gasteiger partial charge on any atom is 0.410 e. The van der Waals surface area contributed by atoms with Crippen LogP contribution >= 0.6 is 0 Å². The van der Waals surface area contributed by atoms with E-state index in [1.807, 2.05) is 31.7 Å². The third-order valence-electron chi connectivity index (χ3n) is 5.70. The molecule has 30 heavy (non-hydrogen) atoms. The molecule has 7 nitrogen and oxygen atoms in total. The summed E-state index contributed by atoms with van der Waals surface area (Å²) in [6.45, 7) is 8.52. The molecule has 9 heteroatoms. The van der Waals surface area contributed by atoms with Gasteiger partial charge in [-0.15, -0.1) is 0 Å². The molecule has 1 amide bonds. The number of halogens is 1. The first-order chi connectivity index (χ1) is 14.1. The summed E-state index contributed by atoms with van der Waals surface area (Å²) in [7, 11) is 7.33. The average Bonchev–Trinajstić information content (AvgIpc) is 2.94. The maximum atomic E-state index is 14.9. The van der Waals surface area contributed by atoms with E-state index >= 15 is 0 Å². The van der Waals surface area contributed by atoms with Gasteiger partial charge < -0.3 is 14.4 Å². The minimum absolute atomic E-state index is 0.00864. The number of rotatable bonds is 2. The van der Waals surface area contributed by atoms with Crippen LogP contribution in [0.15, 0.2) is 6.07 Å². The van der Waals surface area contributed by atoms with Crippen LogP contribution in [0.1, 0.15) is 39.2 Å². The van der Waals surface area contributed by atoms with Gasteiger partial charge in [-0.05, 0) is 46.6 Å². The first-order valence-electron chi connectivity index (χ1n) is 10.2. The Balaban J connectivity index is 1.70. The fourth-order valence-corrected chi connectivity index (χ4v) is 4.35. The van der Waals surface area contributed by atoms with E-state index in [-0.39, 0.29) is 35.2 Å². The SMILES string of the molecule is [B]c1c(C)cc2c(N3CC4CCC(C3)N4C(=O)OC(C)(C)C)nc(OC)nc2c1F. The number of piperazine rings is 1. The molecule has 0 saturated carbocycles. The number of hydrogen-bond donors (Lipinski definition) is 0. The summed E-state index contributed by atoms with van der Waals surface area (Å²) in [5.74, 6) is 0.0295. The van der Waals surface area contributed by atoms with Crippen molar-refractivity contribution in [1.82, 2.24) is 14.9 Å². The van der Waals surface area contributed by atoms with Crippen molar-refractivity contribution in [2.45, 2.75) is 58.2 Å². The third kappa shape index (κ3) is 3.54. The van der Waals surface area contributed by atoms with Crippen molar-refractivity contribution in [3.05, 3.63) is 17.4 Å². The summed E-state index contributed by atoms with van der Waals surface area (Å²) in [6, 6.07) is 1.91. The summed E-state index contributed by atoms with van der Waals surface area (Å²) in [4.78, 5) is 25.4. The van der Waals surface area contributed by atoms with Gasteiger partial charge in [0, 0.05) is 18.5 Å². The van der Waals surface area contributed by atoms with E-state index < -0.39 is 11.4 Å². The quantitative estimate of drug-likeness (QED) is 0.707. The molecule has 2 aliphatic rings. The van der Waals surface area contributed by atoms with Gasteiger partial charge >= 0.3 is 12.1 Å². The van der Waals surface area contributed by atoms with Crippen LogP contribution in [0.25, 0.3) is 10.9 Å². The molecule has 4 rings (SSSR count). The van der Waals surface area contributed by atoms with E-state index in [2.05, 4.69) is 14.9 Å². The number of carbonyl (C=O) groups excluding carboxylic acids is 1. The Labute approximate surface area is 177 Å². The van der Waals surface area contributed by atoms with Crippen molar-refractivity contribution in [2.75, 3.05) is 25.1 Å². The van der Waals surface area contributed by atoms with E-state index in [0.717, 1.165) is 12.8 Å². The van der Waals surface area contributed by atoms with Crippen LogP contribution in [0.2, 0.25) is 0 Å². The predicted molar refractivity (Wildman–Crippen MR) is 113 cm³/mol. The standard InChI is InChI=1S/C21H26BFN4O3/c1-11-8-14-17(16(23)15(11)22)24-19(29-5)25-18(14)26-9-12-6-7-13(10-26)27(12)20(28)30-21(2,3)4/h8,12-13H,6-7,9-10H2,1-5H3. The Bertz CT molecular complexity index is 996. The lowest BCUT2D eigenvalue weighted by Crippen LogP contribution is -2.57. The molecule has 158 valence electrons. The number of fused-ring (bicyclic) bond motifs is 3. The minimum atomic E-state index is -0.567. The van der Waals surface area contributed by atoms with E-state index in [4.69, 9.17) is 17.3 Å². The normalized spacial score (nSPS) is 21.3. The number of methoxy groups -OCH3 is 1. The molecule has 2 aromatic rings. The second-order valence-electron chi connectivity index (χ2n) is 9.03. The molecule has 2 atom stereocenters. The number of nitrogens with zero attached hydrogens (tertiary/aromatic N) is 4. The van der Waals surface area contributed by atoms with Crippen molar-refractivity contribution in [2.24, 2.45) is 0 Å². The molecule has 2 unspecified atom stereocenters. The van der Waals surface area contributed by atoms with Crippen LogP contribution in [-0.4, -0.2) is 66.7 Å². The highest BCUT2D eigenvalue weighted by atomic mass is 19.1. The minimum Gasteiger partial charge on any atom is -0.467 e. The van der Waals surface area contributed by atoms with Gasteiger partial charge in [0.2, 0.25) is 0 Å². The monoisotopic (exact) mass is 412 g/mol. The number of aromatic nitrogens is 2. The molecule has 2 aliphatic heterocycles. The number of amides is 1. The third-order valence-corrected chi connectivity index (χ3v) is 5.70. The van der Waals surface area contributed by atoms with Crippen LogP contribution < -0.4 is 15.1 Å². The summed E-state index contributed by atoms with van der Waals surface area (Å²) < 4.78 is 25.7. The zero-order valence-electron chi connectivity index (χ0n) is 18.0. The zero-order chi connectivity index (χ0) is 21.8. The Morgan fingerprint density at radius 1 is 1.23 bits per heavy atom. The van der Waals surface area contributed by atoms with E-state index in [1.165, 1.54) is 7.11 Å². The van der Waals surface area contributed by atoms with E-state index in [9.17, 15) is 9.18 Å². The van der Waals surface area contributed by atoms with Gasteiger partial charge in [-0.1, -0.05) is 11.0 Å². The largest absolute Gasteiger partial charge is 0.467 e. The number of carbonyl (C=O) groups is 1. The fourth-order valence-electron chi connectivity index (χ4n) is 4.35. The molecule has 2 bridgehead atoms. The van der Waals surface area contributed by atoms with Gasteiger partial charge in [0.25, 0.3) is 0 Å². The van der Waals surface area contributed by atoms with Crippen molar-refractivity contribution >= 4 is 36.1 Å². The molecule has 2 radical (unpaired) electrons. The Hall–Kier alpha value is -2.58. The Morgan fingerprint density at radius 2 is 1.87 bits per heavy atom. The lowest BCUT2D eigenvalue weighted by Gasteiger charge is -2.42. The number of aryl methyl sites for hydroxylation is 1. The summed E-state index contributed by atoms with van der Waals surface area (Å²) in [5.41, 5.74) is 0.301. The van der Waals surface area contributed by atoms with Crippen LogP contribution in [0.3, 0.4) is 0 Å². The van der Waals surface area contributed by atoms with E-state index in [1.54, 1.807) is 6.92 Å². The number of ether oxygens (including phenoxy) is 2. The van der Waals surface area contributed by atoms with Crippen molar-refractivity contribution < 1.29 is 18.7 Å². The van der Waals surface area contributed by atoms with Gasteiger partial charge in [0.05, 0.1) is 19.2 Å². The second kappa shape index (κ2) is 7.28. The van der Waals surface area contributed by atoms with Crippen LogP contribution in [0, 0.1) is 12.7 Å². The fraction of sp³-hybridized carbons (Fsp3) is 0.571. The highest BCUT2D eigenvalue weighted by Gasteiger charge is 2.45. The molecule has 0 aliphatic carbocycles. The Kier molecular flexibility index (Phi) is 5.02. The highest BCUT2D eigenvalue weighted by Crippen LogP contribution is 2.36. The molecule has 2 saturated heterocycles. The van der Waals surface area contributed by atoms with Crippen LogP contribution in [-0.2, 0) is 4.74 Å². The molecule has 1 aromatic heterocycles. The lowest BCUT2D eigenvalue weighted by atomic mass is 9.89. The van der Waals surface area contributed by atoms with Crippen molar-refractivity contribution in [1.29, 1.82) is 0 Å². The summed E-state index contributed by atoms with van der Waals surface area (Å²) in [5, 5.41) is 0.588. The predicted octanol–water partition coefficient (Wildman–Crippen LogP) is 2.47. The van der Waals surface area contributed by atoms with Gasteiger partial charge in [0.15, 0.2) is 0 Å². The van der Waals surface area contributed by atoms with Crippen molar-refractivity contribution in [3.63, 3.8) is 0 Å². The molecule has 0 spiro atoms. The number of hydrogen-bond acceptors (Lipinski definition) is 6. The number of benzene rings is 1. The van der Waals surface area contributed by atoms with Gasteiger partial charge in [-0.2, -0.15) is 9.97 Å². The van der Waals surface area contributed by atoms with Gasteiger partial charge in [-0.3, -0.25) is 4.90 Å².